The van der Waals surface area contributed by atoms with E-state index in [1.165, 1.54) is 12.8 Å². The molecule has 1 atom stereocenters. The second-order valence-electron chi connectivity index (χ2n) is 3.73. The zero-order valence-electron chi connectivity index (χ0n) is 16.4. The van der Waals surface area contributed by atoms with E-state index in [-0.39, 0.29) is 11.9 Å². The summed E-state index contributed by atoms with van der Waals surface area (Å²) in [6.45, 7) is 18.3. The molecule has 12 N–H and O–H groups in total. The Labute approximate surface area is 163 Å². The zero-order valence-corrected chi connectivity index (χ0v) is 16.4. The Bertz CT molecular complexity index is 248. The van der Waals surface area contributed by atoms with Crippen LogP contribution in [0.2, 0.25) is 0 Å². The van der Waals surface area contributed by atoms with Gasteiger partial charge in [-0.3, -0.25) is 4.79 Å². The third-order valence-corrected chi connectivity index (χ3v) is 2.20. The van der Waals surface area contributed by atoms with Crippen LogP contribution in [0.5, 0.6) is 0 Å². The summed E-state index contributed by atoms with van der Waals surface area (Å²) < 4.78 is 0. The Morgan fingerprint density at radius 1 is 0.667 bits per heavy atom. The first kappa shape index (κ1) is 44.0. The summed E-state index contributed by atoms with van der Waals surface area (Å²) in [5, 5.41) is 41.2. The molecule has 0 aromatic heterocycles. The topological polar surface area (TPSA) is 248 Å². The van der Waals surface area contributed by atoms with Crippen LogP contribution in [-0.2, 0) is 4.79 Å². The molecule has 0 aromatic carbocycles. The molecule has 1 saturated heterocycles. The molecule has 1 amide bonds. The third kappa shape index (κ3) is 70.3. The lowest BCUT2D eigenvalue weighted by atomic mass is 10.1. The maximum atomic E-state index is 10.8. The Balaban J connectivity index is -0.0000000382. The van der Waals surface area contributed by atoms with Crippen molar-refractivity contribution in [3.63, 3.8) is 0 Å². The maximum Gasteiger partial charge on any atom is 0.236 e. The molecule has 0 radical (unpaired) electrons. The predicted octanol–water partition coefficient (Wildman–Crippen LogP) is 1.58. The van der Waals surface area contributed by atoms with Crippen LogP contribution in [-0.4, -0.2) is 71.6 Å². The van der Waals surface area contributed by atoms with Gasteiger partial charge in [0, 0.05) is 12.6 Å². The molecule has 1 aliphatic heterocycles. The van der Waals surface area contributed by atoms with Gasteiger partial charge in [0.25, 0.3) is 0 Å². The summed E-state index contributed by atoms with van der Waals surface area (Å²) in [5.74, 6) is 0.00694. The van der Waals surface area contributed by atoms with Gasteiger partial charge in [-0.05, 0) is 79.1 Å². The van der Waals surface area contributed by atoms with Crippen molar-refractivity contribution in [2.45, 2.75) is 44.2 Å². The predicted molar refractivity (Wildman–Crippen MR) is 121 cm³/mol. The Kier molecular flexibility index (Phi) is 107. The van der Waals surface area contributed by atoms with Crippen molar-refractivity contribution in [1.29, 1.82) is 37.9 Å². The first-order chi connectivity index (χ1) is 13.2. The molecule has 160 valence electrons. The zero-order chi connectivity index (χ0) is 23.7. The van der Waals surface area contributed by atoms with E-state index in [1.54, 1.807) is 0 Å². The molecule has 27 heavy (non-hydrogen) atoms. The van der Waals surface area contributed by atoms with Crippen LogP contribution in [0, 0.1) is 37.9 Å². The number of amides is 1. The molecule has 1 heterocycles. The van der Waals surface area contributed by atoms with E-state index in [0.717, 1.165) is 25.8 Å². The Morgan fingerprint density at radius 3 is 1.22 bits per heavy atom. The van der Waals surface area contributed by atoms with Gasteiger partial charge in [-0.2, -0.15) is 0 Å². The summed E-state index contributed by atoms with van der Waals surface area (Å²) in [6, 6.07) is 0.326. The summed E-state index contributed by atoms with van der Waals surface area (Å²) >= 11 is 0. The number of rotatable bonds is 0. The summed E-state index contributed by atoms with van der Waals surface area (Å²) in [5.41, 5.74) is 10.7. The average Bonchev–Trinajstić information content (AvgIpc) is 3.61. The molecular formula is C16H40N10O. The van der Waals surface area contributed by atoms with Crippen molar-refractivity contribution < 1.29 is 4.79 Å². The lowest BCUT2D eigenvalue weighted by Crippen LogP contribution is -2.38. The van der Waals surface area contributed by atoms with E-state index in [9.17, 15) is 4.79 Å². The van der Waals surface area contributed by atoms with Crippen LogP contribution in [0.25, 0.3) is 0 Å². The number of hydrogen-bond donors (Lipinski definition) is 10. The van der Waals surface area contributed by atoms with Crippen LogP contribution in [0.4, 0.5) is 0 Å². The first-order valence-corrected chi connectivity index (χ1v) is 7.46. The van der Waals surface area contributed by atoms with Crippen molar-refractivity contribution >= 4 is 52.9 Å². The first-order valence-electron chi connectivity index (χ1n) is 7.46. The molecule has 11 nitrogen and oxygen atoms in total. The second-order valence-corrected chi connectivity index (χ2v) is 3.73. The van der Waals surface area contributed by atoms with Crippen molar-refractivity contribution in [2.75, 3.05) is 6.54 Å². The van der Waals surface area contributed by atoms with Crippen LogP contribution in [0.1, 0.15) is 32.1 Å². The fourth-order valence-corrected chi connectivity index (χ4v) is 1.06. The van der Waals surface area contributed by atoms with E-state index in [0.29, 0.717) is 6.04 Å². The normalized spacial score (nSPS) is 14.6. The monoisotopic (exact) mass is 388 g/mol. The lowest BCUT2D eigenvalue weighted by molar-refractivity contribution is -0.122. The van der Waals surface area contributed by atoms with Crippen LogP contribution in [0.3, 0.4) is 0 Å². The highest BCUT2D eigenvalue weighted by atomic mass is 16.2. The van der Waals surface area contributed by atoms with Crippen LogP contribution in [0.15, 0.2) is 0 Å². The standard InChI is InChI=1S/C6H12N2O.C3H7N.7CH3N/c7-5-3-1-2-4-8-6(5)9;4-3-1-2-3;7*1-2/h5H,1-4,7H2,(H,8,9);3H,1-2,4H2;7*2H,1H2/t5-;;;;;;;;/m0......../s1. The van der Waals surface area contributed by atoms with Crippen molar-refractivity contribution in [2.24, 2.45) is 11.5 Å². The Morgan fingerprint density at radius 2 is 0.963 bits per heavy atom. The minimum Gasteiger partial charge on any atom is -0.355 e. The van der Waals surface area contributed by atoms with Gasteiger partial charge in [-0.15, -0.1) is 0 Å². The van der Waals surface area contributed by atoms with Crippen LogP contribution >= 0.6 is 0 Å². The number of nitrogens with two attached hydrogens (primary N) is 2. The van der Waals surface area contributed by atoms with E-state index in [2.05, 4.69) is 52.3 Å². The molecule has 0 bridgehead atoms. The van der Waals surface area contributed by atoms with E-state index >= 15 is 0 Å². The van der Waals surface area contributed by atoms with Crippen LogP contribution < -0.4 is 16.8 Å². The summed E-state index contributed by atoms with van der Waals surface area (Å²) in [7, 11) is 0. The van der Waals surface area contributed by atoms with Gasteiger partial charge in [-0.25, -0.2) is 0 Å². The fourth-order valence-electron chi connectivity index (χ4n) is 1.06. The van der Waals surface area contributed by atoms with Gasteiger partial charge < -0.3 is 54.6 Å². The quantitative estimate of drug-likeness (QED) is 0.278. The largest absolute Gasteiger partial charge is 0.355 e. The van der Waals surface area contributed by atoms with E-state index in [4.69, 9.17) is 49.3 Å². The highest BCUT2D eigenvalue weighted by Gasteiger charge is 2.14. The Hall–Kier alpha value is -2.92. The number of carbonyl (C=O) groups excluding carboxylic acids is 1. The minimum absolute atomic E-state index is 0.00694. The highest BCUT2D eigenvalue weighted by Crippen LogP contribution is 2.13. The van der Waals surface area contributed by atoms with Crippen molar-refractivity contribution in [3.05, 3.63) is 0 Å². The highest BCUT2D eigenvalue weighted by molar-refractivity contribution is 5.81. The van der Waals surface area contributed by atoms with Gasteiger partial charge in [0.1, 0.15) is 0 Å². The summed E-state index contributed by atoms with van der Waals surface area (Å²) in [6.07, 6.45) is 5.51. The number of hydrogen-bond acceptors (Lipinski definition) is 10. The number of nitrogens with one attached hydrogen (secondary N) is 8. The van der Waals surface area contributed by atoms with Gasteiger partial charge >= 0.3 is 0 Å². The van der Waals surface area contributed by atoms with Gasteiger partial charge in [0.05, 0.1) is 6.04 Å². The van der Waals surface area contributed by atoms with Gasteiger partial charge in [0.15, 0.2) is 0 Å². The SMILES string of the molecule is C=N.C=N.C=N.C=N.C=N.C=N.C=N.NC1CC1.N[C@H]1CCCCNC1=O. The molecule has 11 heteroatoms. The molecule has 0 spiro atoms. The third-order valence-electron chi connectivity index (χ3n) is 2.20. The fraction of sp³-hybridized carbons (Fsp3) is 0.500. The summed E-state index contributed by atoms with van der Waals surface area (Å²) in [4.78, 5) is 10.8. The molecule has 1 saturated carbocycles. The molecule has 0 unspecified atom stereocenters. The van der Waals surface area contributed by atoms with E-state index in [1.807, 2.05) is 0 Å². The minimum atomic E-state index is -0.257. The maximum absolute atomic E-state index is 10.8. The molecule has 1 aliphatic carbocycles. The smallest absolute Gasteiger partial charge is 0.236 e. The van der Waals surface area contributed by atoms with Gasteiger partial charge in [-0.1, -0.05) is 0 Å². The molecular weight excluding hydrogens is 348 g/mol. The van der Waals surface area contributed by atoms with Crippen molar-refractivity contribution in [1.82, 2.24) is 5.32 Å². The number of carbonyl (C=O) groups is 1. The lowest BCUT2D eigenvalue weighted by Gasteiger charge is -2.03. The molecule has 2 rings (SSSR count). The molecule has 0 aromatic rings. The average molecular weight is 389 g/mol. The van der Waals surface area contributed by atoms with E-state index < -0.39 is 0 Å². The van der Waals surface area contributed by atoms with Gasteiger partial charge in [0.2, 0.25) is 5.91 Å². The molecule has 2 fully saturated rings. The van der Waals surface area contributed by atoms with Crippen molar-refractivity contribution in [3.8, 4) is 0 Å². The second kappa shape index (κ2) is 65.8. The molecule has 2 aliphatic rings.